The fraction of sp³-hybridized carbons (Fsp3) is 0.833. The summed E-state index contributed by atoms with van der Waals surface area (Å²) in [5.41, 5.74) is 4.64. The predicted molar refractivity (Wildman–Crippen MR) is 56.8 cm³/mol. The molecule has 0 saturated carbocycles. The van der Waals surface area contributed by atoms with E-state index in [4.69, 9.17) is 24.4 Å². The van der Waals surface area contributed by atoms with Gasteiger partial charge in [0.1, 0.15) is 0 Å². The van der Waals surface area contributed by atoms with E-state index in [-0.39, 0.29) is 5.96 Å². The topological polar surface area (TPSA) is 122 Å². The van der Waals surface area contributed by atoms with Crippen LogP contribution in [0, 0.1) is 0 Å². The Morgan fingerprint density at radius 2 is 1.71 bits per heavy atom. The molecule has 104 valence electrons. The first-order valence-electron chi connectivity index (χ1n) is 4.11. The number of alkyl halides is 3. The Balaban J connectivity index is 0. The summed E-state index contributed by atoms with van der Waals surface area (Å²) in [5.74, 6) is 0.164. The molecule has 0 aromatic carbocycles. The first kappa shape index (κ1) is 18.3. The van der Waals surface area contributed by atoms with Crippen LogP contribution in [0.1, 0.15) is 0 Å². The Morgan fingerprint density at radius 1 is 1.35 bits per heavy atom. The van der Waals surface area contributed by atoms with E-state index in [1.165, 1.54) is 0 Å². The molecule has 0 heterocycles. The van der Waals surface area contributed by atoms with Crippen molar-refractivity contribution in [3.63, 3.8) is 0 Å². The summed E-state index contributed by atoms with van der Waals surface area (Å²) in [6, 6.07) is 0. The molecule has 17 heavy (non-hydrogen) atoms. The molecule has 0 spiro atoms. The van der Waals surface area contributed by atoms with Gasteiger partial charge in [-0.1, -0.05) is 0 Å². The van der Waals surface area contributed by atoms with Crippen molar-refractivity contribution in [3.05, 3.63) is 0 Å². The number of halogens is 3. The lowest BCUT2D eigenvalue weighted by Crippen LogP contribution is -2.25. The summed E-state index contributed by atoms with van der Waals surface area (Å²) >= 11 is 0. The molecular formula is C6H15F3N4O3S. The standard InChI is InChI=1S/C5H14N4.CHF3O3S/c1-9(2)4-3-8-5(6)7;2-1(3,4)8(5,6)7/h3-4H2,1-2H3,(H4,6,7,8);(H,5,6,7). The van der Waals surface area contributed by atoms with Crippen LogP contribution in [0.3, 0.4) is 0 Å². The van der Waals surface area contributed by atoms with Crippen LogP contribution in [-0.2, 0) is 10.1 Å². The SMILES string of the molecule is CN(C)CCN=C(N)N.O=S(=O)(O)C(F)(F)F. The van der Waals surface area contributed by atoms with Gasteiger partial charge >= 0.3 is 15.6 Å². The highest BCUT2D eigenvalue weighted by Crippen LogP contribution is 2.20. The lowest BCUT2D eigenvalue weighted by molar-refractivity contribution is -0.0510. The second kappa shape index (κ2) is 7.29. The number of aliphatic imine (C=N–C) groups is 1. The monoisotopic (exact) mass is 280 g/mol. The van der Waals surface area contributed by atoms with Crippen LogP contribution >= 0.6 is 0 Å². The number of likely N-dealkylation sites (N-methyl/N-ethyl adjacent to an activating group) is 1. The average Bonchev–Trinajstić information content (AvgIpc) is 1.99. The number of hydrogen-bond acceptors (Lipinski definition) is 4. The average molecular weight is 280 g/mol. The Kier molecular flexibility index (Phi) is 7.85. The molecule has 11 heteroatoms. The summed E-state index contributed by atoms with van der Waals surface area (Å²) in [5, 5.41) is 0. The van der Waals surface area contributed by atoms with Crippen molar-refractivity contribution in [1.82, 2.24) is 4.90 Å². The van der Waals surface area contributed by atoms with Crippen molar-refractivity contribution in [3.8, 4) is 0 Å². The maximum Gasteiger partial charge on any atom is 0.522 e. The zero-order chi connectivity index (χ0) is 14.3. The molecule has 0 fully saturated rings. The number of hydrogen-bond donors (Lipinski definition) is 3. The fourth-order valence-electron chi connectivity index (χ4n) is 0.379. The molecule has 7 nitrogen and oxygen atoms in total. The van der Waals surface area contributed by atoms with Gasteiger partial charge in [0.25, 0.3) is 0 Å². The maximum absolute atomic E-state index is 10.7. The Hall–Kier alpha value is -1.07. The van der Waals surface area contributed by atoms with Gasteiger partial charge in [-0.3, -0.25) is 9.55 Å². The smallest absolute Gasteiger partial charge is 0.370 e. The van der Waals surface area contributed by atoms with Gasteiger partial charge in [-0.15, -0.1) is 0 Å². The lowest BCUT2D eigenvalue weighted by atomic mass is 10.6. The normalized spacial score (nSPS) is 11.7. The van der Waals surface area contributed by atoms with Gasteiger partial charge in [-0.05, 0) is 14.1 Å². The van der Waals surface area contributed by atoms with Crippen LogP contribution in [0.2, 0.25) is 0 Å². The number of guanidine groups is 1. The molecule has 0 aromatic heterocycles. The Bertz CT molecular complexity index is 335. The predicted octanol–water partition coefficient (Wildman–Crippen LogP) is -0.785. The van der Waals surface area contributed by atoms with Crippen molar-refractivity contribution in [2.45, 2.75) is 5.51 Å². The summed E-state index contributed by atoms with van der Waals surface area (Å²) < 4.78 is 57.5. The van der Waals surface area contributed by atoms with Crippen LogP contribution < -0.4 is 11.5 Å². The van der Waals surface area contributed by atoms with Crippen molar-refractivity contribution in [2.75, 3.05) is 27.2 Å². The molecule has 0 rings (SSSR count). The number of nitrogens with two attached hydrogens (primary N) is 2. The molecule has 0 unspecified atom stereocenters. The summed E-state index contributed by atoms with van der Waals surface area (Å²) in [4.78, 5) is 5.82. The van der Waals surface area contributed by atoms with Gasteiger partial charge in [0.05, 0.1) is 6.54 Å². The molecule has 0 bridgehead atoms. The summed E-state index contributed by atoms with van der Waals surface area (Å²) in [7, 11) is -1.89. The Morgan fingerprint density at radius 3 is 1.88 bits per heavy atom. The van der Waals surface area contributed by atoms with E-state index < -0.39 is 15.6 Å². The van der Waals surface area contributed by atoms with Crippen molar-refractivity contribution >= 4 is 16.1 Å². The largest absolute Gasteiger partial charge is 0.522 e. The minimum Gasteiger partial charge on any atom is -0.370 e. The third-order valence-corrected chi connectivity index (χ3v) is 1.72. The van der Waals surface area contributed by atoms with E-state index in [9.17, 15) is 13.2 Å². The maximum atomic E-state index is 10.7. The first-order chi connectivity index (χ1) is 7.38. The summed E-state index contributed by atoms with van der Waals surface area (Å²) in [6.07, 6.45) is 0. The lowest BCUT2D eigenvalue weighted by Gasteiger charge is -2.05. The highest BCUT2D eigenvalue weighted by molar-refractivity contribution is 7.86. The van der Waals surface area contributed by atoms with Gasteiger partial charge in [0, 0.05) is 6.54 Å². The molecule has 0 aliphatic heterocycles. The molecular weight excluding hydrogens is 265 g/mol. The van der Waals surface area contributed by atoms with Gasteiger partial charge in [-0.25, -0.2) is 0 Å². The van der Waals surface area contributed by atoms with Crippen LogP contribution in [0.15, 0.2) is 4.99 Å². The quantitative estimate of drug-likeness (QED) is 0.270. The van der Waals surface area contributed by atoms with Crippen molar-refractivity contribution in [1.29, 1.82) is 0 Å². The van der Waals surface area contributed by atoms with Gasteiger partial charge in [0.2, 0.25) is 0 Å². The van der Waals surface area contributed by atoms with Gasteiger partial charge in [-0.2, -0.15) is 21.6 Å². The zero-order valence-electron chi connectivity index (χ0n) is 9.27. The minimum absolute atomic E-state index is 0.164. The second-order valence-corrected chi connectivity index (χ2v) is 4.44. The number of rotatable bonds is 3. The van der Waals surface area contributed by atoms with Gasteiger partial charge in [0.15, 0.2) is 5.96 Å². The van der Waals surface area contributed by atoms with Gasteiger partial charge < -0.3 is 16.4 Å². The highest BCUT2D eigenvalue weighted by atomic mass is 32.2. The highest BCUT2D eigenvalue weighted by Gasteiger charge is 2.44. The van der Waals surface area contributed by atoms with E-state index in [1.807, 2.05) is 19.0 Å². The van der Waals surface area contributed by atoms with Crippen LogP contribution in [-0.4, -0.2) is 56.5 Å². The van der Waals surface area contributed by atoms with E-state index in [2.05, 4.69) is 4.99 Å². The second-order valence-electron chi connectivity index (χ2n) is 3.03. The molecule has 0 aliphatic rings. The van der Waals surface area contributed by atoms with Crippen LogP contribution in [0.25, 0.3) is 0 Å². The molecule has 0 amide bonds. The van der Waals surface area contributed by atoms with E-state index in [0.29, 0.717) is 6.54 Å². The third-order valence-electron chi connectivity index (χ3n) is 1.13. The summed E-state index contributed by atoms with van der Waals surface area (Å²) in [6.45, 7) is 1.56. The van der Waals surface area contributed by atoms with E-state index >= 15 is 0 Å². The third kappa shape index (κ3) is 12.9. The molecule has 0 atom stereocenters. The Labute approximate surface area is 97.0 Å². The van der Waals surface area contributed by atoms with Crippen molar-refractivity contribution in [2.24, 2.45) is 16.5 Å². The van der Waals surface area contributed by atoms with E-state index in [1.54, 1.807) is 0 Å². The minimum atomic E-state index is -5.84. The zero-order valence-corrected chi connectivity index (χ0v) is 10.1. The molecule has 0 saturated heterocycles. The van der Waals surface area contributed by atoms with Crippen LogP contribution in [0.5, 0.6) is 0 Å². The van der Waals surface area contributed by atoms with Crippen molar-refractivity contribution < 1.29 is 26.1 Å². The molecule has 0 aliphatic carbocycles. The first-order valence-corrected chi connectivity index (χ1v) is 5.55. The van der Waals surface area contributed by atoms with Crippen LogP contribution in [0.4, 0.5) is 13.2 Å². The van der Waals surface area contributed by atoms with E-state index in [0.717, 1.165) is 6.54 Å². The fourth-order valence-corrected chi connectivity index (χ4v) is 0.379. The molecule has 0 radical (unpaired) electrons. The molecule has 0 aromatic rings. The molecule has 5 N–H and O–H groups in total. The number of nitrogens with zero attached hydrogens (tertiary/aromatic N) is 2.